The summed E-state index contributed by atoms with van der Waals surface area (Å²) < 4.78 is 15.9. The Labute approximate surface area is 174 Å². The molecule has 2 aromatic carbocycles. The number of esters is 1. The van der Waals surface area contributed by atoms with Gasteiger partial charge in [-0.1, -0.05) is 24.3 Å². The molecule has 0 bridgehead atoms. The van der Waals surface area contributed by atoms with E-state index in [4.69, 9.17) is 14.2 Å². The molecule has 2 atom stereocenters. The number of carbonyl (C=O) groups is 2. The molecular formula is C23H24N2O5. The summed E-state index contributed by atoms with van der Waals surface area (Å²) in [6.45, 7) is 1.47. The van der Waals surface area contributed by atoms with Gasteiger partial charge in [-0.15, -0.1) is 0 Å². The molecule has 2 heterocycles. The highest BCUT2D eigenvalue weighted by molar-refractivity contribution is 5.90. The summed E-state index contributed by atoms with van der Waals surface area (Å²) in [5.74, 6) is 0.491. The van der Waals surface area contributed by atoms with E-state index in [0.717, 1.165) is 27.7 Å². The van der Waals surface area contributed by atoms with Crippen molar-refractivity contribution in [3.63, 3.8) is 0 Å². The van der Waals surface area contributed by atoms with Gasteiger partial charge < -0.3 is 24.1 Å². The number of amides is 1. The topological polar surface area (TPSA) is 80.9 Å². The third kappa shape index (κ3) is 3.07. The first kappa shape index (κ1) is 19.8. The molecule has 0 radical (unpaired) electrons. The second-order valence-electron chi connectivity index (χ2n) is 7.25. The van der Waals surface area contributed by atoms with Crippen LogP contribution in [-0.2, 0) is 20.7 Å². The zero-order valence-corrected chi connectivity index (χ0v) is 17.4. The average Bonchev–Trinajstić information content (AvgIpc) is 3.15. The lowest BCUT2D eigenvalue weighted by molar-refractivity contribution is -0.154. The predicted molar refractivity (Wildman–Crippen MR) is 112 cm³/mol. The predicted octanol–water partition coefficient (Wildman–Crippen LogP) is 3.22. The number of methoxy groups -OCH3 is 3. The number of hydrogen-bond donors (Lipinski definition) is 1. The van der Waals surface area contributed by atoms with E-state index < -0.39 is 18.1 Å². The average molecular weight is 408 g/mol. The number of fused-ring (bicyclic) bond motifs is 3. The van der Waals surface area contributed by atoms with Gasteiger partial charge in [0.05, 0.1) is 27.4 Å². The number of carbonyl (C=O) groups excluding carboxylic acids is 2. The normalized spacial score (nSPS) is 18.1. The molecule has 0 aliphatic carbocycles. The number of aromatic amines is 1. The van der Waals surface area contributed by atoms with Crippen LogP contribution in [0.5, 0.6) is 11.5 Å². The summed E-state index contributed by atoms with van der Waals surface area (Å²) in [4.78, 5) is 30.5. The van der Waals surface area contributed by atoms with Crippen molar-refractivity contribution >= 4 is 22.8 Å². The van der Waals surface area contributed by atoms with E-state index in [-0.39, 0.29) is 5.91 Å². The molecular weight excluding hydrogens is 384 g/mol. The van der Waals surface area contributed by atoms with Crippen molar-refractivity contribution < 1.29 is 23.8 Å². The molecule has 0 saturated heterocycles. The second kappa shape index (κ2) is 7.74. The number of H-pyrrole nitrogens is 1. The lowest BCUT2D eigenvalue weighted by Crippen LogP contribution is -2.51. The van der Waals surface area contributed by atoms with E-state index in [2.05, 4.69) is 4.98 Å². The standard InChI is InChI=1S/C23H24N2O5/c1-13(26)25-18(23(27)30-4)12-16-15-7-5-6-8-17(15)24-21(16)22(25)14-9-10-19(28-2)20(11-14)29-3/h5-11,18,22,24H,12H2,1-4H3. The summed E-state index contributed by atoms with van der Waals surface area (Å²) >= 11 is 0. The number of ether oxygens (including phenoxy) is 3. The largest absolute Gasteiger partial charge is 0.493 e. The minimum atomic E-state index is -0.725. The van der Waals surface area contributed by atoms with E-state index in [1.807, 2.05) is 36.4 Å². The number of aromatic nitrogens is 1. The Bertz CT molecular complexity index is 1120. The van der Waals surface area contributed by atoms with Gasteiger partial charge in [-0.3, -0.25) is 4.79 Å². The number of nitrogens with one attached hydrogen (secondary N) is 1. The van der Waals surface area contributed by atoms with Crippen LogP contribution in [-0.4, -0.2) is 49.1 Å². The highest BCUT2D eigenvalue weighted by atomic mass is 16.5. The Hall–Kier alpha value is -3.48. The van der Waals surface area contributed by atoms with Crippen LogP contribution in [0.25, 0.3) is 10.9 Å². The Morgan fingerprint density at radius 1 is 1.03 bits per heavy atom. The fraction of sp³-hybridized carbons (Fsp3) is 0.304. The van der Waals surface area contributed by atoms with Crippen molar-refractivity contribution in [2.75, 3.05) is 21.3 Å². The van der Waals surface area contributed by atoms with Gasteiger partial charge in [-0.05, 0) is 29.3 Å². The molecule has 4 rings (SSSR count). The van der Waals surface area contributed by atoms with Crippen LogP contribution in [0.3, 0.4) is 0 Å². The minimum absolute atomic E-state index is 0.213. The molecule has 1 aromatic heterocycles. The summed E-state index contributed by atoms with van der Waals surface area (Å²) in [6, 6.07) is 12.2. The van der Waals surface area contributed by atoms with Crippen LogP contribution >= 0.6 is 0 Å². The lowest BCUT2D eigenvalue weighted by atomic mass is 9.87. The molecule has 1 aliphatic rings. The van der Waals surface area contributed by atoms with Crippen molar-refractivity contribution in [3.05, 3.63) is 59.3 Å². The first-order valence-electron chi connectivity index (χ1n) is 9.68. The van der Waals surface area contributed by atoms with Crippen molar-refractivity contribution in [2.24, 2.45) is 0 Å². The summed E-state index contributed by atoms with van der Waals surface area (Å²) in [5, 5.41) is 1.04. The van der Waals surface area contributed by atoms with Gasteiger partial charge in [0, 0.05) is 29.9 Å². The second-order valence-corrected chi connectivity index (χ2v) is 7.25. The van der Waals surface area contributed by atoms with Crippen LogP contribution in [0.2, 0.25) is 0 Å². The van der Waals surface area contributed by atoms with Crippen LogP contribution in [0.15, 0.2) is 42.5 Å². The van der Waals surface area contributed by atoms with Crippen molar-refractivity contribution in [2.45, 2.75) is 25.4 Å². The number of rotatable bonds is 4. The maximum atomic E-state index is 12.8. The van der Waals surface area contributed by atoms with Gasteiger partial charge in [0.1, 0.15) is 6.04 Å². The molecule has 1 aliphatic heterocycles. The molecule has 3 aromatic rings. The first-order valence-corrected chi connectivity index (χ1v) is 9.68. The summed E-state index contributed by atoms with van der Waals surface area (Å²) in [5.41, 5.74) is 3.67. The van der Waals surface area contributed by atoms with Gasteiger partial charge in [-0.2, -0.15) is 0 Å². The van der Waals surface area contributed by atoms with Gasteiger partial charge >= 0.3 is 5.97 Å². The lowest BCUT2D eigenvalue weighted by Gasteiger charge is -2.40. The monoisotopic (exact) mass is 408 g/mol. The fourth-order valence-electron chi connectivity index (χ4n) is 4.37. The van der Waals surface area contributed by atoms with Crippen molar-refractivity contribution in [1.82, 2.24) is 9.88 Å². The highest BCUT2D eigenvalue weighted by Crippen LogP contribution is 2.43. The van der Waals surface area contributed by atoms with Crippen molar-refractivity contribution in [3.8, 4) is 11.5 Å². The number of benzene rings is 2. The molecule has 1 amide bonds. The minimum Gasteiger partial charge on any atom is -0.493 e. The Morgan fingerprint density at radius 2 is 1.77 bits per heavy atom. The Balaban J connectivity index is 1.98. The molecule has 0 spiro atoms. The zero-order chi connectivity index (χ0) is 21.4. The molecule has 7 nitrogen and oxygen atoms in total. The van der Waals surface area contributed by atoms with Gasteiger partial charge in [-0.25, -0.2) is 4.79 Å². The van der Waals surface area contributed by atoms with E-state index in [1.54, 1.807) is 25.2 Å². The first-order chi connectivity index (χ1) is 14.5. The van der Waals surface area contributed by atoms with E-state index in [1.165, 1.54) is 14.0 Å². The fourth-order valence-corrected chi connectivity index (χ4v) is 4.37. The molecule has 2 unspecified atom stereocenters. The van der Waals surface area contributed by atoms with Crippen LogP contribution in [0.4, 0.5) is 0 Å². The van der Waals surface area contributed by atoms with Gasteiger partial charge in [0.2, 0.25) is 5.91 Å². The maximum Gasteiger partial charge on any atom is 0.328 e. The third-order valence-corrected chi connectivity index (χ3v) is 5.69. The Morgan fingerprint density at radius 3 is 2.43 bits per heavy atom. The van der Waals surface area contributed by atoms with Gasteiger partial charge in [0.15, 0.2) is 11.5 Å². The molecule has 156 valence electrons. The zero-order valence-electron chi connectivity index (χ0n) is 17.4. The van der Waals surface area contributed by atoms with Crippen LogP contribution in [0, 0.1) is 0 Å². The number of para-hydroxylation sites is 1. The molecule has 30 heavy (non-hydrogen) atoms. The van der Waals surface area contributed by atoms with Crippen molar-refractivity contribution in [1.29, 1.82) is 0 Å². The number of nitrogens with zero attached hydrogens (tertiary/aromatic N) is 1. The van der Waals surface area contributed by atoms with Crippen LogP contribution in [0.1, 0.15) is 29.8 Å². The van der Waals surface area contributed by atoms with Crippen LogP contribution < -0.4 is 9.47 Å². The Kier molecular flexibility index (Phi) is 5.11. The quantitative estimate of drug-likeness (QED) is 0.671. The molecule has 0 saturated carbocycles. The number of hydrogen-bond acceptors (Lipinski definition) is 5. The van der Waals surface area contributed by atoms with E-state index >= 15 is 0 Å². The van der Waals surface area contributed by atoms with E-state index in [0.29, 0.717) is 17.9 Å². The highest BCUT2D eigenvalue weighted by Gasteiger charge is 2.43. The molecule has 7 heteroatoms. The molecule has 0 fully saturated rings. The summed E-state index contributed by atoms with van der Waals surface area (Å²) in [7, 11) is 4.48. The summed E-state index contributed by atoms with van der Waals surface area (Å²) in [6.07, 6.45) is 0.384. The maximum absolute atomic E-state index is 12.8. The smallest absolute Gasteiger partial charge is 0.328 e. The van der Waals surface area contributed by atoms with Gasteiger partial charge in [0.25, 0.3) is 0 Å². The SMILES string of the molecule is COC(=O)C1Cc2c([nH]c3ccccc23)C(c2ccc(OC)c(OC)c2)N1C(C)=O. The molecule has 1 N–H and O–H groups in total. The third-order valence-electron chi connectivity index (χ3n) is 5.69. The van der Waals surface area contributed by atoms with E-state index in [9.17, 15) is 9.59 Å².